The Bertz CT molecular complexity index is 388. The highest BCUT2D eigenvalue weighted by Crippen LogP contribution is 2.25. The van der Waals surface area contributed by atoms with Crippen LogP contribution in [0.25, 0.3) is 0 Å². The predicted molar refractivity (Wildman–Crippen MR) is 80.3 cm³/mol. The monoisotopic (exact) mass is 258 g/mol. The van der Waals surface area contributed by atoms with E-state index in [2.05, 4.69) is 41.1 Å². The maximum absolute atomic E-state index is 2.57. The summed E-state index contributed by atoms with van der Waals surface area (Å²) in [5.74, 6) is 0. The first-order valence-electron chi connectivity index (χ1n) is 7.82. The molecule has 0 N–H and O–H groups in total. The third-order valence-corrected chi connectivity index (χ3v) is 4.55. The van der Waals surface area contributed by atoms with E-state index in [1.54, 1.807) is 0 Å². The molecular weight excluding hydrogens is 232 g/mol. The molecule has 0 bridgehead atoms. The van der Waals surface area contributed by atoms with Crippen LogP contribution in [0.15, 0.2) is 24.3 Å². The summed E-state index contributed by atoms with van der Waals surface area (Å²) < 4.78 is 0. The summed E-state index contributed by atoms with van der Waals surface area (Å²) in [6.45, 7) is 4.92. The summed E-state index contributed by atoms with van der Waals surface area (Å²) in [4.78, 5) is 5.08. The molecule has 0 amide bonds. The molecule has 1 saturated carbocycles. The van der Waals surface area contributed by atoms with E-state index in [1.807, 2.05) is 0 Å². The summed E-state index contributed by atoms with van der Waals surface area (Å²) in [6.07, 6.45) is 6.77. The molecule has 1 aromatic rings. The van der Waals surface area contributed by atoms with Crippen LogP contribution in [-0.2, 0) is 13.0 Å². The third kappa shape index (κ3) is 3.80. The zero-order chi connectivity index (χ0) is 13.1. The van der Waals surface area contributed by atoms with E-state index in [0.717, 1.165) is 12.6 Å². The van der Waals surface area contributed by atoms with Crippen LogP contribution < -0.4 is 0 Å². The van der Waals surface area contributed by atoms with Gasteiger partial charge in [0.1, 0.15) is 0 Å². The molecule has 3 rings (SSSR count). The topological polar surface area (TPSA) is 6.48 Å². The van der Waals surface area contributed by atoms with Crippen molar-refractivity contribution in [2.75, 3.05) is 26.7 Å². The molecule has 0 unspecified atom stereocenters. The maximum atomic E-state index is 2.57. The normalized spacial score (nSPS) is 20.3. The Kier molecular flexibility index (Phi) is 4.19. The van der Waals surface area contributed by atoms with Crippen molar-refractivity contribution in [1.29, 1.82) is 0 Å². The van der Waals surface area contributed by atoms with Gasteiger partial charge in [-0.3, -0.25) is 4.90 Å². The summed E-state index contributed by atoms with van der Waals surface area (Å²) in [5, 5.41) is 0. The number of likely N-dealkylation sites (N-methyl/N-ethyl adjacent to an activating group) is 1. The Morgan fingerprint density at radius 3 is 2.32 bits per heavy atom. The average molecular weight is 258 g/mol. The molecule has 1 heterocycles. The van der Waals surface area contributed by atoms with Crippen LogP contribution in [0, 0.1) is 0 Å². The second-order valence-corrected chi connectivity index (χ2v) is 6.26. The van der Waals surface area contributed by atoms with Gasteiger partial charge in [0, 0.05) is 19.1 Å². The standard InChI is InChI=1S/C17H26N2/c1-18(17-8-9-17)13-10-15-4-6-16(7-5-15)14-19-11-2-3-12-19/h4-7,17H,2-3,8-14H2,1H3. The van der Waals surface area contributed by atoms with Crippen LogP contribution in [0.4, 0.5) is 0 Å². The molecule has 2 nitrogen and oxygen atoms in total. The van der Waals surface area contributed by atoms with E-state index in [1.165, 1.54) is 62.9 Å². The summed E-state index contributed by atoms with van der Waals surface area (Å²) in [7, 11) is 2.26. The van der Waals surface area contributed by atoms with Crippen LogP contribution in [0.2, 0.25) is 0 Å². The molecule has 0 atom stereocenters. The lowest BCUT2D eigenvalue weighted by Gasteiger charge is -2.16. The van der Waals surface area contributed by atoms with Crippen molar-refractivity contribution in [2.24, 2.45) is 0 Å². The molecule has 104 valence electrons. The fourth-order valence-electron chi connectivity index (χ4n) is 3.01. The van der Waals surface area contributed by atoms with E-state index in [9.17, 15) is 0 Å². The SMILES string of the molecule is CN(CCc1ccc(CN2CCCC2)cc1)C1CC1. The fraction of sp³-hybridized carbons (Fsp3) is 0.647. The van der Waals surface area contributed by atoms with E-state index in [0.29, 0.717) is 0 Å². The lowest BCUT2D eigenvalue weighted by Crippen LogP contribution is -2.23. The zero-order valence-corrected chi connectivity index (χ0v) is 12.1. The highest BCUT2D eigenvalue weighted by atomic mass is 15.1. The van der Waals surface area contributed by atoms with Crippen LogP contribution in [0.3, 0.4) is 0 Å². The molecule has 1 aliphatic carbocycles. The Morgan fingerprint density at radius 1 is 1.05 bits per heavy atom. The lowest BCUT2D eigenvalue weighted by atomic mass is 10.1. The van der Waals surface area contributed by atoms with Crippen molar-refractivity contribution in [3.05, 3.63) is 35.4 Å². The highest BCUT2D eigenvalue weighted by Gasteiger charge is 2.25. The second kappa shape index (κ2) is 6.06. The second-order valence-electron chi connectivity index (χ2n) is 6.26. The van der Waals surface area contributed by atoms with Gasteiger partial charge in [0.15, 0.2) is 0 Å². The minimum atomic E-state index is 0.884. The smallest absolute Gasteiger partial charge is 0.0233 e. The van der Waals surface area contributed by atoms with Crippen molar-refractivity contribution in [2.45, 2.75) is 44.7 Å². The van der Waals surface area contributed by atoms with Crippen molar-refractivity contribution in [3.63, 3.8) is 0 Å². The van der Waals surface area contributed by atoms with Gasteiger partial charge in [-0.1, -0.05) is 24.3 Å². The fourth-order valence-corrected chi connectivity index (χ4v) is 3.01. The van der Waals surface area contributed by atoms with E-state index in [4.69, 9.17) is 0 Å². The van der Waals surface area contributed by atoms with Gasteiger partial charge in [0.2, 0.25) is 0 Å². The molecule has 0 aromatic heterocycles. The average Bonchev–Trinajstić information content (AvgIpc) is 3.17. The molecule has 0 radical (unpaired) electrons. The first-order chi connectivity index (χ1) is 9.31. The van der Waals surface area contributed by atoms with E-state index in [-0.39, 0.29) is 0 Å². The van der Waals surface area contributed by atoms with Gasteiger partial charge in [-0.05, 0) is 63.4 Å². The molecule has 0 spiro atoms. The van der Waals surface area contributed by atoms with Crippen LogP contribution in [0.1, 0.15) is 36.8 Å². The summed E-state index contributed by atoms with van der Waals surface area (Å²) in [5.41, 5.74) is 2.96. The molecule has 1 aliphatic heterocycles. The maximum Gasteiger partial charge on any atom is 0.0233 e. The van der Waals surface area contributed by atoms with E-state index < -0.39 is 0 Å². The number of hydrogen-bond donors (Lipinski definition) is 0. The number of rotatable bonds is 6. The zero-order valence-electron chi connectivity index (χ0n) is 12.1. The Balaban J connectivity index is 1.47. The third-order valence-electron chi connectivity index (χ3n) is 4.55. The number of likely N-dealkylation sites (tertiary alicyclic amines) is 1. The van der Waals surface area contributed by atoms with Gasteiger partial charge in [-0.15, -0.1) is 0 Å². The lowest BCUT2D eigenvalue weighted by molar-refractivity contribution is 0.328. The Hall–Kier alpha value is -0.860. The molecule has 2 aliphatic rings. The predicted octanol–water partition coefficient (Wildman–Crippen LogP) is 2.92. The van der Waals surface area contributed by atoms with Crippen LogP contribution >= 0.6 is 0 Å². The minimum Gasteiger partial charge on any atom is -0.303 e. The van der Waals surface area contributed by atoms with Gasteiger partial charge < -0.3 is 4.90 Å². The molecule has 2 fully saturated rings. The van der Waals surface area contributed by atoms with Gasteiger partial charge in [-0.2, -0.15) is 0 Å². The molecule has 1 saturated heterocycles. The van der Waals surface area contributed by atoms with Crippen molar-refractivity contribution >= 4 is 0 Å². The minimum absolute atomic E-state index is 0.884. The van der Waals surface area contributed by atoms with Gasteiger partial charge in [-0.25, -0.2) is 0 Å². The Labute approximate surface area is 117 Å². The van der Waals surface area contributed by atoms with Crippen LogP contribution in [-0.4, -0.2) is 42.5 Å². The van der Waals surface area contributed by atoms with E-state index >= 15 is 0 Å². The van der Waals surface area contributed by atoms with Gasteiger partial charge >= 0.3 is 0 Å². The van der Waals surface area contributed by atoms with Gasteiger partial charge in [0.25, 0.3) is 0 Å². The number of hydrogen-bond acceptors (Lipinski definition) is 2. The molecular formula is C17H26N2. The largest absolute Gasteiger partial charge is 0.303 e. The first kappa shape index (κ1) is 13.1. The summed E-state index contributed by atoms with van der Waals surface area (Å²) >= 11 is 0. The van der Waals surface area contributed by atoms with Crippen molar-refractivity contribution in [3.8, 4) is 0 Å². The Morgan fingerprint density at radius 2 is 1.68 bits per heavy atom. The first-order valence-corrected chi connectivity index (χ1v) is 7.82. The van der Waals surface area contributed by atoms with Crippen molar-refractivity contribution < 1.29 is 0 Å². The van der Waals surface area contributed by atoms with Crippen LogP contribution in [0.5, 0.6) is 0 Å². The summed E-state index contributed by atoms with van der Waals surface area (Å²) in [6, 6.07) is 10.2. The molecule has 1 aromatic carbocycles. The van der Waals surface area contributed by atoms with Crippen molar-refractivity contribution in [1.82, 2.24) is 9.80 Å². The number of benzene rings is 1. The van der Waals surface area contributed by atoms with Gasteiger partial charge in [0.05, 0.1) is 0 Å². The quantitative estimate of drug-likeness (QED) is 0.774. The molecule has 19 heavy (non-hydrogen) atoms. The number of nitrogens with zero attached hydrogens (tertiary/aromatic N) is 2. The molecule has 2 heteroatoms. The highest BCUT2D eigenvalue weighted by molar-refractivity contribution is 5.23.